The van der Waals surface area contributed by atoms with E-state index in [1.165, 1.54) is 18.6 Å². The molecule has 1 aliphatic carbocycles. The zero-order valence-electron chi connectivity index (χ0n) is 26.4. The average Bonchev–Trinajstić information content (AvgIpc) is 3.50. The van der Waals surface area contributed by atoms with Crippen LogP contribution in [-0.4, -0.2) is 76.5 Å². The van der Waals surface area contributed by atoms with Gasteiger partial charge in [0.25, 0.3) is 0 Å². The number of rotatable bonds is 6. The lowest BCUT2D eigenvalue weighted by Crippen LogP contribution is -2.75. The lowest BCUT2D eigenvalue weighted by molar-refractivity contribution is -0.253. The monoisotopic (exact) mass is 627 g/mol. The minimum Gasteiger partial charge on any atom is -0.508 e. The Balaban J connectivity index is 1.16. The van der Waals surface area contributed by atoms with E-state index in [2.05, 4.69) is 21.7 Å². The maximum Gasteiger partial charge on any atom is 0.319 e. The number of pyridine rings is 1. The highest BCUT2D eigenvalue weighted by atomic mass is 19.1. The second-order valence-corrected chi connectivity index (χ2v) is 14.8. The second kappa shape index (κ2) is 9.94. The minimum absolute atomic E-state index is 0.0131. The molecule has 2 atom stereocenters. The first-order valence-corrected chi connectivity index (χ1v) is 16.8. The smallest absolute Gasteiger partial charge is 0.319 e. The van der Waals surface area contributed by atoms with Crippen LogP contribution in [0, 0.1) is 28.4 Å². The quantitative estimate of drug-likeness (QED) is 0.268. The third-order valence-corrected chi connectivity index (χ3v) is 12.1. The highest BCUT2D eigenvalue weighted by molar-refractivity contribution is 6.01. The first-order chi connectivity index (χ1) is 22.2. The van der Waals surface area contributed by atoms with E-state index in [0.29, 0.717) is 52.0 Å². The van der Waals surface area contributed by atoms with Crippen molar-refractivity contribution >= 4 is 27.5 Å². The lowest BCUT2D eigenvalue weighted by atomic mass is 9.45. The molecule has 10 heteroatoms. The van der Waals surface area contributed by atoms with Crippen LogP contribution in [0.3, 0.4) is 0 Å². The Morgan fingerprint density at radius 1 is 1.09 bits per heavy atom. The number of nitrogens with zero attached hydrogens (tertiary/aromatic N) is 5. The van der Waals surface area contributed by atoms with Crippen LogP contribution < -0.4 is 9.64 Å². The van der Waals surface area contributed by atoms with Gasteiger partial charge in [-0.05, 0) is 85.5 Å². The van der Waals surface area contributed by atoms with Crippen molar-refractivity contribution in [1.82, 2.24) is 19.9 Å². The topological polar surface area (TPSA) is 83.8 Å². The molecule has 1 saturated carbocycles. The first kappa shape index (κ1) is 28.6. The third-order valence-electron chi connectivity index (χ3n) is 12.1. The van der Waals surface area contributed by atoms with E-state index in [1.807, 2.05) is 6.92 Å². The Morgan fingerprint density at radius 3 is 2.65 bits per heavy atom. The van der Waals surface area contributed by atoms with Crippen LogP contribution in [0.1, 0.15) is 51.5 Å². The van der Waals surface area contributed by atoms with Gasteiger partial charge in [-0.15, -0.1) is 0 Å². The van der Waals surface area contributed by atoms with Crippen molar-refractivity contribution in [2.24, 2.45) is 16.7 Å². The van der Waals surface area contributed by atoms with Gasteiger partial charge < -0.3 is 19.5 Å². The molecule has 46 heavy (non-hydrogen) atoms. The molecule has 4 aliphatic heterocycles. The molecule has 2 aromatic heterocycles. The fourth-order valence-corrected chi connectivity index (χ4v) is 9.53. The van der Waals surface area contributed by atoms with E-state index < -0.39 is 5.82 Å². The molecule has 5 fully saturated rings. The van der Waals surface area contributed by atoms with E-state index >= 15 is 4.39 Å². The summed E-state index contributed by atoms with van der Waals surface area (Å²) in [5.41, 5.74) is 1.34. The molecule has 6 heterocycles. The number of aromatic hydroxyl groups is 1. The highest BCUT2D eigenvalue weighted by Crippen LogP contribution is 2.65. The van der Waals surface area contributed by atoms with E-state index in [-0.39, 0.29) is 45.2 Å². The summed E-state index contributed by atoms with van der Waals surface area (Å²) in [5, 5.41) is 12.3. The summed E-state index contributed by atoms with van der Waals surface area (Å²) in [5.74, 6) is 0.175. The summed E-state index contributed by atoms with van der Waals surface area (Å²) in [6.07, 6.45) is 7.65. The van der Waals surface area contributed by atoms with Crippen LogP contribution in [0.15, 0.2) is 30.5 Å². The molecule has 4 saturated heterocycles. The van der Waals surface area contributed by atoms with Crippen molar-refractivity contribution in [2.45, 2.75) is 57.9 Å². The van der Waals surface area contributed by atoms with E-state index in [9.17, 15) is 9.50 Å². The minimum atomic E-state index is -0.637. The van der Waals surface area contributed by atoms with Gasteiger partial charge in [0.2, 0.25) is 0 Å². The number of aromatic nitrogens is 3. The molecule has 1 N–H and O–H groups in total. The third kappa shape index (κ3) is 3.92. The molecule has 2 aromatic carbocycles. The predicted octanol–water partition coefficient (Wildman–Crippen LogP) is 6.26. The largest absolute Gasteiger partial charge is 0.508 e. The van der Waals surface area contributed by atoms with Crippen molar-refractivity contribution in [3.8, 4) is 23.0 Å². The molecule has 0 radical (unpaired) electrons. The van der Waals surface area contributed by atoms with E-state index in [1.54, 1.807) is 18.3 Å². The molecular weight excluding hydrogens is 588 g/mol. The number of hydrogen-bond donors (Lipinski definition) is 1. The Labute approximate surface area is 266 Å². The summed E-state index contributed by atoms with van der Waals surface area (Å²) in [7, 11) is 0. The van der Waals surface area contributed by atoms with Crippen LogP contribution >= 0.6 is 0 Å². The molecule has 0 unspecified atom stereocenters. The Bertz CT molecular complexity index is 1900. The molecule has 0 amide bonds. The van der Waals surface area contributed by atoms with Gasteiger partial charge in [0.15, 0.2) is 5.82 Å². The van der Waals surface area contributed by atoms with Crippen molar-refractivity contribution in [3.63, 3.8) is 0 Å². The van der Waals surface area contributed by atoms with Gasteiger partial charge >= 0.3 is 6.01 Å². The van der Waals surface area contributed by atoms with Crippen LogP contribution in [0.2, 0.25) is 0 Å². The maximum absolute atomic E-state index is 16.9. The number of hydrogen-bond acceptors (Lipinski definition) is 8. The number of benzene rings is 2. The molecular formula is C36H39F2N5O3. The fraction of sp³-hybridized carbons (Fsp3) is 0.528. The molecule has 4 aromatic rings. The summed E-state index contributed by atoms with van der Waals surface area (Å²) < 4.78 is 43.9. The Kier molecular flexibility index (Phi) is 6.17. The maximum atomic E-state index is 16.9. The van der Waals surface area contributed by atoms with E-state index in [4.69, 9.17) is 19.4 Å². The van der Waals surface area contributed by atoms with Gasteiger partial charge in [0, 0.05) is 42.2 Å². The van der Waals surface area contributed by atoms with Gasteiger partial charge in [-0.25, -0.2) is 8.78 Å². The Morgan fingerprint density at radius 2 is 1.91 bits per heavy atom. The zero-order valence-corrected chi connectivity index (χ0v) is 26.4. The highest BCUT2D eigenvalue weighted by Gasteiger charge is 2.67. The summed E-state index contributed by atoms with van der Waals surface area (Å²) in [6, 6.07) is 6.18. The van der Waals surface area contributed by atoms with Crippen molar-refractivity contribution in [1.29, 1.82) is 0 Å². The number of phenolic OH excluding ortho intramolecular Hbond substituents is 1. The van der Waals surface area contributed by atoms with E-state index in [0.717, 1.165) is 65.1 Å². The number of anilines is 1. The number of ether oxygens (including phenoxy) is 2. The molecule has 2 spiro atoms. The molecule has 9 rings (SSSR count). The second-order valence-electron chi connectivity index (χ2n) is 14.8. The first-order valence-electron chi connectivity index (χ1n) is 16.8. The Hall–Kier alpha value is -3.63. The van der Waals surface area contributed by atoms with Gasteiger partial charge in [0.05, 0.1) is 24.1 Å². The normalized spacial score (nSPS) is 26.0. The fourth-order valence-electron chi connectivity index (χ4n) is 9.53. The van der Waals surface area contributed by atoms with Crippen LogP contribution in [0.25, 0.3) is 32.9 Å². The van der Waals surface area contributed by atoms with Gasteiger partial charge in [-0.1, -0.05) is 19.9 Å². The van der Waals surface area contributed by atoms with Crippen LogP contribution in [0.5, 0.6) is 11.8 Å². The van der Waals surface area contributed by atoms with Crippen molar-refractivity contribution < 1.29 is 23.4 Å². The predicted molar refractivity (Wildman–Crippen MR) is 171 cm³/mol. The number of aryl methyl sites for hydroxylation is 1. The summed E-state index contributed by atoms with van der Waals surface area (Å²) in [6.45, 7) is 10.0. The average molecular weight is 628 g/mol. The standard InChI is InChI=1S/C36H39F2N5O3/c1-3-24-27(37)6-5-22-11-23(44)12-25(28(22)24)30-29(38)31-26(14-39-30)32(42-16-34(17-42)8-9-35(34)18-45-19-35)41-33(40-31)46-20-36-7-4-10-43(36)15-21(2)13-36/h5-6,11-12,14,21,44H,3-4,7-10,13,15-20H2,1-2H3/t21-,36+/m1/s1. The summed E-state index contributed by atoms with van der Waals surface area (Å²) in [4.78, 5) is 19.0. The lowest BCUT2D eigenvalue weighted by Gasteiger charge is -2.70. The summed E-state index contributed by atoms with van der Waals surface area (Å²) >= 11 is 0. The van der Waals surface area contributed by atoms with Crippen LogP contribution in [0.4, 0.5) is 14.6 Å². The van der Waals surface area contributed by atoms with Gasteiger partial charge in [-0.2, -0.15) is 9.97 Å². The SMILES string of the molecule is CCc1c(F)ccc2cc(O)cc(-c3ncc4c(N5CC6(CCC67COC7)C5)nc(OC[C@@]56CCCN5C[C@H](C)C6)nc4c3F)c12. The van der Waals surface area contributed by atoms with Crippen LogP contribution in [-0.2, 0) is 11.2 Å². The van der Waals surface area contributed by atoms with Crippen molar-refractivity contribution in [2.75, 3.05) is 50.9 Å². The molecule has 8 nitrogen and oxygen atoms in total. The molecule has 5 aliphatic rings. The molecule has 0 bridgehead atoms. The van der Waals surface area contributed by atoms with Gasteiger partial charge in [0.1, 0.15) is 35.2 Å². The van der Waals surface area contributed by atoms with Gasteiger partial charge in [-0.3, -0.25) is 9.88 Å². The zero-order chi connectivity index (χ0) is 31.4. The number of phenols is 1. The number of halogens is 2. The van der Waals surface area contributed by atoms with Crippen molar-refractivity contribution in [3.05, 3.63) is 47.7 Å². The number of fused-ring (bicyclic) bond motifs is 4. The molecule has 240 valence electrons.